The molecule has 0 bridgehead atoms. The number of hydrogen-bond acceptors (Lipinski definition) is 2. The largest absolute Gasteiger partial charge is 0.393 e. The van der Waals surface area contributed by atoms with Crippen molar-refractivity contribution in [2.45, 2.75) is 25.0 Å². The van der Waals surface area contributed by atoms with Crippen LogP contribution in [0.15, 0.2) is 30.3 Å². The summed E-state index contributed by atoms with van der Waals surface area (Å²) in [5.74, 6) is 0. The minimum absolute atomic E-state index is 0. The first-order valence-corrected chi connectivity index (χ1v) is 4.82. The predicted molar refractivity (Wildman–Crippen MR) is 58.2 cm³/mol. The summed E-state index contributed by atoms with van der Waals surface area (Å²) in [6.45, 7) is 0.917. The van der Waals surface area contributed by atoms with E-state index in [4.69, 9.17) is 0 Å². The quantitative estimate of drug-likeness (QED) is 0.646. The van der Waals surface area contributed by atoms with Gasteiger partial charge in [-0.05, 0) is 24.9 Å². The van der Waals surface area contributed by atoms with Gasteiger partial charge >= 0.3 is 0 Å². The van der Waals surface area contributed by atoms with E-state index in [1.54, 1.807) is 0 Å². The average molecular weight is 188 g/mol. The minimum Gasteiger partial charge on any atom is -0.393 e. The van der Waals surface area contributed by atoms with Crippen molar-refractivity contribution in [1.29, 1.82) is 0 Å². The fraction of sp³-hybridized carbons (Fsp3) is 0.455. The van der Waals surface area contributed by atoms with Gasteiger partial charge in [0.05, 0.1) is 6.10 Å². The highest BCUT2D eigenvalue weighted by molar-refractivity contribution is 5.75. The number of benzene rings is 1. The fourth-order valence-electron chi connectivity index (χ4n) is 1.84. The van der Waals surface area contributed by atoms with Gasteiger partial charge in [-0.2, -0.15) is 0 Å². The molecule has 1 fully saturated rings. The summed E-state index contributed by atoms with van der Waals surface area (Å²) in [6.07, 6.45) is 1.58. The van der Waals surface area contributed by atoms with Gasteiger partial charge in [0.1, 0.15) is 0 Å². The zero-order chi connectivity index (χ0) is 9.10. The van der Waals surface area contributed by atoms with Crippen molar-refractivity contribution in [3.05, 3.63) is 35.9 Å². The molecule has 2 atom stereocenters. The molecule has 0 spiro atoms. The molecule has 2 N–H and O–H groups in total. The lowest BCUT2D eigenvalue weighted by molar-refractivity contribution is 0.117. The molecule has 0 unspecified atom stereocenters. The van der Waals surface area contributed by atoms with Gasteiger partial charge in [-0.15, -0.1) is 0 Å². The molecule has 2 rings (SSSR count). The maximum Gasteiger partial charge on any atom is 0.0570 e. The van der Waals surface area contributed by atoms with Gasteiger partial charge in [0, 0.05) is 14.5 Å². The van der Waals surface area contributed by atoms with Crippen molar-refractivity contribution in [2.24, 2.45) is 0 Å². The van der Waals surface area contributed by atoms with Crippen LogP contribution in [-0.4, -0.2) is 26.2 Å². The van der Waals surface area contributed by atoms with Crippen LogP contribution in [0.4, 0.5) is 0 Å². The molecular weight excluding hydrogens is 173 g/mol. The van der Waals surface area contributed by atoms with Crippen molar-refractivity contribution in [3.8, 4) is 0 Å². The molecular formula is C11H15BNO. The Hall–Kier alpha value is -0.795. The fourth-order valence-corrected chi connectivity index (χ4v) is 1.84. The second-order valence-electron chi connectivity index (χ2n) is 3.60. The second-order valence-corrected chi connectivity index (χ2v) is 3.60. The minimum atomic E-state index is -0.133. The molecule has 1 aromatic carbocycles. The Kier molecular flexibility index (Phi) is 4.17. The highest BCUT2D eigenvalue weighted by Crippen LogP contribution is 2.22. The standard InChI is InChI=1S/C11H15NO.B/c13-10-6-7-12-11(8-10)9-4-2-1-3-5-9;/h1-5,10-13H,6-8H2;/t10-,11+;/m0./s1. The predicted octanol–water partition coefficient (Wildman–Crippen LogP) is 1.09. The molecule has 0 aromatic heterocycles. The maximum absolute atomic E-state index is 9.50. The molecule has 3 heteroatoms. The van der Waals surface area contributed by atoms with Crippen LogP contribution >= 0.6 is 0 Å². The molecule has 0 amide bonds. The molecule has 1 aliphatic heterocycles. The molecule has 14 heavy (non-hydrogen) atoms. The number of aliphatic hydroxyl groups is 1. The highest BCUT2D eigenvalue weighted by Gasteiger charge is 2.20. The third-order valence-corrected chi connectivity index (χ3v) is 2.58. The number of piperidine rings is 1. The maximum atomic E-state index is 9.50. The second kappa shape index (κ2) is 5.18. The van der Waals surface area contributed by atoms with Gasteiger partial charge in [0.2, 0.25) is 0 Å². The average Bonchev–Trinajstić information content (AvgIpc) is 2.19. The van der Waals surface area contributed by atoms with Crippen molar-refractivity contribution < 1.29 is 5.11 Å². The van der Waals surface area contributed by atoms with Crippen LogP contribution in [0.25, 0.3) is 0 Å². The number of aliphatic hydroxyl groups excluding tert-OH is 1. The van der Waals surface area contributed by atoms with E-state index < -0.39 is 0 Å². The van der Waals surface area contributed by atoms with Crippen LogP contribution in [0.2, 0.25) is 0 Å². The Morgan fingerprint density at radius 1 is 1.21 bits per heavy atom. The van der Waals surface area contributed by atoms with Gasteiger partial charge in [-0.1, -0.05) is 30.3 Å². The Bertz CT molecular complexity index is 265. The summed E-state index contributed by atoms with van der Waals surface area (Å²) >= 11 is 0. The molecule has 1 aromatic rings. The number of rotatable bonds is 1. The van der Waals surface area contributed by atoms with Crippen molar-refractivity contribution in [2.75, 3.05) is 6.54 Å². The Balaban J connectivity index is 0.000000980. The topological polar surface area (TPSA) is 32.3 Å². The molecule has 73 valence electrons. The third kappa shape index (κ3) is 2.60. The molecule has 1 saturated heterocycles. The van der Waals surface area contributed by atoms with E-state index in [9.17, 15) is 5.11 Å². The lowest BCUT2D eigenvalue weighted by Gasteiger charge is -2.27. The summed E-state index contributed by atoms with van der Waals surface area (Å²) in [5.41, 5.74) is 1.28. The lowest BCUT2D eigenvalue weighted by Crippen LogP contribution is -2.34. The van der Waals surface area contributed by atoms with Crippen LogP contribution in [0.5, 0.6) is 0 Å². The molecule has 0 saturated carbocycles. The summed E-state index contributed by atoms with van der Waals surface area (Å²) in [5, 5.41) is 12.9. The Morgan fingerprint density at radius 3 is 2.57 bits per heavy atom. The number of nitrogens with one attached hydrogen (secondary N) is 1. The summed E-state index contributed by atoms with van der Waals surface area (Å²) in [4.78, 5) is 0. The van der Waals surface area contributed by atoms with Gasteiger partial charge < -0.3 is 10.4 Å². The van der Waals surface area contributed by atoms with E-state index in [1.807, 2.05) is 18.2 Å². The van der Waals surface area contributed by atoms with Gasteiger partial charge in [-0.25, -0.2) is 0 Å². The zero-order valence-electron chi connectivity index (χ0n) is 8.19. The van der Waals surface area contributed by atoms with Crippen LogP contribution in [0.3, 0.4) is 0 Å². The zero-order valence-corrected chi connectivity index (χ0v) is 8.19. The van der Waals surface area contributed by atoms with Crippen molar-refractivity contribution >= 4 is 8.41 Å². The Labute approximate surface area is 86.9 Å². The van der Waals surface area contributed by atoms with E-state index in [2.05, 4.69) is 17.4 Å². The van der Waals surface area contributed by atoms with E-state index in [1.165, 1.54) is 5.56 Å². The molecule has 1 aliphatic rings. The van der Waals surface area contributed by atoms with Crippen LogP contribution in [0.1, 0.15) is 24.4 Å². The first-order chi connectivity index (χ1) is 6.36. The highest BCUT2D eigenvalue weighted by atomic mass is 16.3. The van der Waals surface area contributed by atoms with Crippen molar-refractivity contribution in [3.63, 3.8) is 0 Å². The SMILES string of the molecule is O[C@H]1CCN[C@@H](c2ccccc2)C1.[B]. The third-order valence-electron chi connectivity index (χ3n) is 2.58. The summed E-state index contributed by atoms with van der Waals surface area (Å²) < 4.78 is 0. The van der Waals surface area contributed by atoms with Gasteiger partial charge in [-0.3, -0.25) is 0 Å². The van der Waals surface area contributed by atoms with Gasteiger partial charge in [0.15, 0.2) is 0 Å². The van der Waals surface area contributed by atoms with Crippen LogP contribution in [-0.2, 0) is 0 Å². The first-order valence-electron chi connectivity index (χ1n) is 4.82. The molecule has 3 radical (unpaired) electrons. The number of hydrogen-bond donors (Lipinski definition) is 2. The monoisotopic (exact) mass is 188 g/mol. The van der Waals surface area contributed by atoms with E-state index in [0.717, 1.165) is 19.4 Å². The van der Waals surface area contributed by atoms with E-state index in [0.29, 0.717) is 6.04 Å². The summed E-state index contributed by atoms with van der Waals surface area (Å²) in [6, 6.07) is 10.6. The molecule has 2 nitrogen and oxygen atoms in total. The van der Waals surface area contributed by atoms with E-state index >= 15 is 0 Å². The van der Waals surface area contributed by atoms with E-state index in [-0.39, 0.29) is 14.5 Å². The smallest absolute Gasteiger partial charge is 0.0570 e. The molecule has 1 heterocycles. The molecule has 0 aliphatic carbocycles. The lowest BCUT2D eigenvalue weighted by atomic mass is 9.96. The van der Waals surface area contributed by atoms with Gasteiger partial charge in [0.25, 0.3) is 0 Å². The van der Waals surface area contributed by atoms with Crippen molar-refractivity contribution in [1.82, 2.24) is 5.32 Å². The first kappa shape index (κ1) is 11.3. The Morgan fingerprint density at radius 2 is 1.93 bits per heavy atom. The normalized spacial score (nSPS) is 26.6. The summed E-state index contributed by atoms with van der Waals surface area (Å²) in [7, 11) is 0. The van der Waals surface area contributed by atoms with Crippen LogP contribution in [0, 0.1) is 0 Å². The van der Waals surface area contributed by atoms with Crippen LogP contribution < -0.4 is 5.32 Å².